The third kappa shape index (κ3) is 5.29. The van der Waals surface area contributed by atoms with Crippen LogP contribution in [0.4, 0.5) is 18.9 Å². The van der Waals surface area contributed by atoms with Crippen LogP contribution in [0, 0.1) is 0 Å². The molecule has 0 atom stereocenters. The highest BCUT2D eigenvalue weighted by Gasteiger charge is 2.37. The van der Waals surface area contributed by atoms with Gasteiger partial charge in [0.05, 0.1) is 24.1 Å². The van der Waals surface area contributed by atoms with Crippen molar-refractivity contribution in [1.82, 2.24) is 19.9 Å². The minimum atomic E-state index is -4.71. The van der Waals surface area contributed by atoms with E-state index in [0.29, 0.717) is 50.5 Å². The Hall–Kier alpha value is -3.64. The molecule has 3 aromatic rings. The van der Waals surface area contributed by atoms with E-state index >= 15 is 0 Å². The average Bonchev–Trinajstić information content (AvgIpc) is 2.87. The van der Waals surface area contributed by atoms with E-state index in [0.717, 1.165) is 12.3 Å². The Morgan fingerprint density at radius 3 is 2.36 bits per heavy atom. The van der Waals surface area contributed by atoms with E-state index in [1.54, 1.807) is 6.07 Å². The molecule has 1 amide bonds. The van der Waals surface area contributed by atoms with Gasteiger partial charge in [-0.3, -0.25) is 14.8 Å². The zero-order valence-electron chi connectivity index (χ0n) is 19.6. The lowest BCUT2D eigenvalue weighted by molar-refractivity contribution is -0.137. The molecule has 1 aliphatic rings. The Morgan fingerprint density at radius 2 is 1.72 bits per heavy atom. The number of hydrogen-bond donors (Lipinski definition) is 2. The number of nitrogens with zero attached hydrogens (tertiary/aromatic N) is 5. The van der Waals surface area contributed by atoms with Gasteiger partial charge in [-0.15, -0.1) is 0 Å². The van der Waals surface area contributed by atoms with E-state index in [4.69, 9.17) is 16.2 Å². The van der Waals surface area contributed by atoms with Crippen LogP contribution in [0.3, 0.4) is 0 Å². The van der Waals surface area contributed by atoms with Gasteiger partial charge in [0, 0.05) is 37.6 Å². The molecule has 12 heteroatoms. The van der Waals surface area contributed by atoms with Crippen molar-refractivity contribution in [1.29, 1.82) is 0 Å². The van der Waals surface area contributed by atoms with Crippen LogP contribution in [-0.2, 0) is 10.9 Å². The highest BCUT2D eigenvalue weighted by atomic mass is 19.4. The first kappa shape index (κ1) is 25.5. The van der Waals surface area contributed by atoms with Crippen LogP contribution in [0.1, 0.15) is 35.8 Å². The molecule has 1 fully saturated rings. The van der Waals surface area contributed by atoms with Gasteiger partial charge in [0.1, 0.15) is 28.5 Å². The lowest BCUT2D eigenvalue weighted by atomic mass is 9.89. The van der Waals surface area contributed by atoms with E-state index in [1.807, 2.05) is 13.0 Å². The fourth-order valence-corrected chi connectivity index (χ4v) is 4.15. The van der Waals surface area contributed by atoms with Gasteiger partial charge in [0.2, 0.25) is 0 Å². The van der Waals surface area contributed by atoms with Crippen LogP contribution in [0.15, 0.2) is 42.9 Å². The topological polar surface area (TPSA) is 133 Å². The number of pyridine rings is 2. The summed E-state index contributed by atoms with van der Waals surface area (Å²) in [6.07, 6.45) is 0.449. The molecule has 0 unspecified atom stereocenters. The summed E-state index contributed by atoms with van der Waals surface area (Å²) in [5.41, 5.74) is 10.4. The lowest BCUT2D eigenvalue weighted by Gasteiger charge is -2.40. The van der Waals surface area contributed by atoms with Crippen molar-refractivity contribution in [3.8, 4) is 22.8 Å². The molecule has 0 aliphatic carbocycles. The number of alkyl halides is 3. The van der Waals surface area contributed by atoms with Crippen molar-refractivity contribution in [2.24, 2.45) is 11.5 Å². The summed E-state index contributed by atoms with van der Waals surface area (Å²) in [5, 5.41) is 0. The van der Waals surface area contributed by atoms with Crippen LogP contribution in [0.5, 0.6) is 0 Å². The largest absolute Gasteiger partial charge is 0.418 e. The van der Waals surface area contributed by atoms with Gasteiger partial charge in [-0.25, -0.2) is 9.97 Å². The summed E-state index contributed by atoms with van der Waals surface area (Å²) in [6.45, 7) is 4.10. The van der Waals surface area contributed by atoms with E-state index in [-0.39, 0.29) is 17.1 Å². The SMILES string of the molecule is CCOCC1(N)CCN(c2cccnc2-c2ncc(C(N)=O)nc2-c2ncccc2C(F)(F)F)CC1. The number of nitrogens with two attached hydrogens (primary N) is 2. The minimum Gasteiger partial charge on any atom is -0.380 e. The van der Waals surface area contributed by atoms with Crippen LogP contribution >= 0.6 is 0 Å². The van der Waals surface area contributed by atoms with Gasteiger partial charge in [0.15, 0.2) is 0 Å². The van der Waals surface area contributed by atoms with E-state index in [2.05, 4.69) is 24.8 Å². The van der Waals surface area contributed by atoms with Crippen molar-refractivity contribution in [2.45, 2.75) is 31.5 Å². The molecule has 4 heterocycles. The number of anilines is 1. The maximum atomic E-state index is 13.8. The average molecular weight is 502 g/mol. The molecule has 0 aromatic carbocycles. The Balaban J connectivity index is 1.80. The number of primary amides is 1. The Labute approximate surface area is 205 Å². The smallest absolute Gasteiger partial charge is 0.380 e. The first-order valence-electron chi connectivity index (χ1n) is 11.4. The van der Waals surface area contributed by atoms with Crippen LogP contribution in [0.25, 0.3) is 22.8 Å². The predicted octanol–water partition coefficient (Wildman–Crippen LogP) is 3.05. The summed E-state index contributed by atoms with van der Waals surface area (Å²) >= 11 is 0. The lowest BCUT2D eigenvalue weighted by Crippen LogP contribution is -2.53. The number of carbonyl (C=O) groups excluding carboxylic acids is 1. The second-order valence-electron chi connectivity index (χ2n) is 8.57. The summed E-state index contributed by atoms with van der Waals surface area (Å²) in [5.74, 6) is -0.925. The highest BCUT2D eigenvalue weighted by molar-refractivity contribution is 5.92. The quantitative estimate of drug-likeness (QED) is 0.505. The Kier molecular flexibility index (Phi) is 7.18. The number of carbonyl (C=O) groups is 1. The molecule has 9 nitrogen and oxygen atoms in total. The molecule has 0 radical (unpaired) electrons. The molecule has 0 saturated carbocycles. The molecule has 4 rings (SSSR count). The van der Waals surface area contributed by atoms with Gasteiger partial charge < -0.3 is 21.1 Å². The summed E-state index contributed by atoms with van der Waals surface area (Å²) in [7, 11) is 0. The highest BCUT2D eigenvalue weighted by Crippen LogP contribution is 2.40. The number of piperidine rings is 1. The monoisotopic (exact) mass is 501 g/mol. The number of ether oxygens (including phenoxy) is 1. The zero-order chi connectivity index (χ0) is 25.9. The van der Waals surface area contributed by atoms with Crippen LogP contribution < -0.4 is 16.4 Å². The molecule has 0 bridgehead atoms. The molecule has 3 aromatic heterocycles. The molecule has 190 valence electrons. The number of rotatable bonds is 7. The van der Waals surface area contributed by atoms with Crippen molar-refractivity contribution in [2.75, 3.05) is 31.2 Å². The Bertz CT molecular complexity index is 1240. The fraction of sp³-hybridized carbons (Fsp3) is 0.375. The van der Waals surface area contributed by atoms with Crippen molar-refractivity contribution < 1.29 is 22.7 Å². The maximum absolute atomic E-state index is 13.8. The van der Waals surface area contributed by atoms with E-state index in [9.17, 15) is 18.0 Å². The third-order valence-corrected chi connectivity index (χ3v) is 6.07. The number of aromatic nitrogens is 4. The Morgan fingerprint density at radius 1 is 1.06 bits per heavy atom. The molecule has 1 saturated heterocycles. The standard InChI is InChI=1S/C24H26F3N7O2/c1-2-36-14-23(29)7-11-34(12-8-23)17-6-4-10-31-19(17)20-21(33-16(13-32-20)22(28)35)18-15(24(25,26)27)5-3-9-30-18/h3-6,9-10,13H,2,7-8,11-12,14,29H2,1H3,(H2,28,35). The first-order valence-corrected chi connectivity index (χ1v) is 11.4. The molecular weight excluding hydrogens is 475 g/mol. The van der Waals surface area contributed by atoms with Crippen molar-refractivity contribution >= 4 is 11.6 Å². The molecule has 36 heavy (non-hydrogen) atoms. The first-order chi connectivity index (χ1) is 17.1. The summed E-state index contributed by atoms with van der Waals surface area (Å²) in [4.78, 5) is 30.7. The molecular formula is C24H26F3N7O2. The van der Waals surface area contributed by atoms with Crippen molar-refractivity contribution in [3.05, 3.63) is 54.1 Å². The summed E-state index contributed by atoms with van der Waals surface area (Å²) in [6, 6.07) is 5.62. The second kappa shape index (κ2) is 10.2. The molecule has 0 spiro atoms. The zero-order valence-corrected chi connectivity index (χ0v) is 19.6. The number of hydrogen-bond acceptors (Lipinski definition) is 8. The van der Waals surface area contributed by atoms with Gasteiger partial charge in [-0.1, -0.05) is 0 Å². The third-order valence-electron chi connectivity index (χ3n) is 6.07. The number of amides is 1. The molecule has 4 N–H and O–H groups in total. The number of halogens is 3. The normalized spacial score (nSPS) is 15.6. The van der Waals surface area contributed by atoms with Gasteiger partial charge >= 0.3 is 6.18 Å². The van der Waals surface area contributed by atoms with Crippen molar-refractivity contribution in [3.63, 3.8) is 0 Å². The summed E-state index contributed by atoms with van der Waals surface area (Å²) < 4.78 is 47.0. The predicted molar refractivity (Wildman–Crippen MR) is 127 cm³/mol. The van der Waals surface area contributed by atoms with Gasteiger partial charge in [-0.05, 0) is 44.0 Å². The van der Waals surface area contributed by atoms with E-state index in [1.165, 1.54) is 18.5 Å². The second-order valence-corrected chi connectivity index (χ2v) is 8.57. The molecule has 1 aliphatic heterocycles. The van der Waals surface area contributed by atoms with Gasteiger partial charge in [0.25, 0.3) is 5.91 Å². The fourth-order valence-electron chi connectivity index (χ4n) is 4.15. The maximum Gasteiger partial charge on any atom is 0.418 e. The van der Waals surface area contributed by atoms with E-state index < -0.39 is 28.9 Å². The minimum absolute atomic E-state index is 0.0544. The van der Waals surface area contributed by atoms with Crippen LogP contribution in [0.2, 0.25) is 0 Å². The van der Waals surface area contributed by atoms with Crippen LogP contribution in [-0.4, -0.2) is 57.7 Å². The van der Waals surface area contributed by atoms with Gasteiger partial charge in [-0.2, -0.15) is 13.2 Å².